The van der Waals surface area contributed by atoms with Gasteiger partial charge in [0.15, 0.2) is 5.82 Å². The fraction of sp³-hybridized carbons (Fsp3) is 0.333. The van der Waals surface area contributed by atoms with Crippen LogP contribution in [0.2, 0.25) is 0 Å². The highest BCUT2D eigenvalue weighted by molar-refractivity contribution is 9.13. The molecule has 0 saturated heterocycles. The van der Waals surface area contributed by atoms with Crippen LogP contribution >= 0.6 is 43.2 Å². The second-order valence-corrected chi connectivity index (χ2v) is 7.33. The van der Waals surface area contributed by atoms with Crippen LogP contribution in [0.15, 0.2) is 14.3 Å². The molecular formula is C12H11Br2N3OS. The maximum Gasteiger partial charge on any atom is 0.171 e. The first-order valence-electron chi connectivity index (χ1n) is 5.79. The van der Waals surface area contributed by atoms with Gasteiger partial charge in [0, 0.05) is 23.5 Å². The Morgan fingerprint density at radius 1 is 1.37 bits per heavy atom. The molecule has 4 nitrogen and oxygen atoms in total. The van der Waals surface area contributed by atoms with Gasteiger partial charge in [-0.15, -0.1) is 11.3 Å². The van der Waals surface area contributed by atoms with Gasteiger partial charge in [0.05, 0.1) is 27.6 Å². The highest BCUT2D eigenvalue weighted by Gasteiger charge is 2.19. The molecular weight excluding hydrogens is 394 g/mol. The maximum atomic E-state index is 5.47. The first kappa shape index (κ1) is 13.5. The number of nitrogens with zero attached hydrogens (tertiary/aromatic N) is 2. The molecule has 0 radical (unpaired) electrons. The Labute approximate surface area is 131 Å². The van der Waals surface area contributed by atoms with Gasteiger partial charge in [-0.2, -0.15) is 0 Å². The van der Waals surface area contributed by atoms with Crippen molar-refractivity contribution in [2.45, 2.75) is 13.0 Å². The molecule has 1 aliphatic rings. The lowest BCUT2D eigenvalue weighted by atomic mass is 10.1. The van der Waals surface area contributed by atoms with Crippen LogP contribution in [-0.2, 0) is 17.8 Å². The number of halogens is 2. The molecule has 7 heteroatoms. The zero-order valence-electron chi connectivity index (χ0n) is 10.2. The van der Waals surface area contributed by atoms with Crippen LogP contribution in [0.5, 0.6) is 0 Å². The van der Waals surface area contributed by atoms with Crippen LogP contribution in [0, 0.1) is 0 Å². The molecule has 2 aromatic rings. The molecule has 0 bridgehead atoms. The van der Waals surface area contributed by atoms with Gasteiger partial charge in [-0.3, -0.25) is 0 Å². The molecule has 2 aromatic heterocycles. The fourth-order valence-electron chi connectivity index (χ4n) is 2.01. The first-order chi connectivity index (χ1) is 9.19. The third kappa shape index (κ3) is 2.56. The second kappa shape index (κ2) is 5.47. The quantitative estimate of drug-likeness (QED) is 0.825. The van der Waals surface area contributed by atoms with Crippen molar-refractivity contribution in [1.29, 1.82) is 0 Å². The van der Waals surface area contributed by atoms with E-state index in [2.05, 4.69) is 47.1 Å². The van der Waals surface area contributed by atoms with E-state index < -0.39 is 0 Å². The van der Waals surface area contributed by atoms with E-state index in [0.717, 1.165) is 49.1 Å². The summed E-state index contributed by atoms with van der Waals surface area (Å²) in [6, 6.07) is 2.04. The fourth-order valence-corrected chi connectivity index (χ4v) is 3.98. The third-order valence-corrected chi connectivity index (χ3v) is 6.18. The van der Waals surface area contributed by atoms with Crippen molar-refractivity contribution in [3.05, 3.63) is 25.6 Å². The van der Waals surface area contributed by atoms with Gasteiger partial charge in [-0.25, -0.2) is 9.97 Å². The summed E-state index contributed by atoms with van der Waals surface area (Å²) in [4.78, 5) is 10.3. The Balaban J connectivity index is 2.11. The Morgan fingerprint density at radius 3 is 2.89 bits per heavy atom. The van der Waals surface area contributed by atoms with Crippen LogP contribution in [0.1, 0.15) is 11.3 Å². The molecule has 0 fully saturated rings. The van der Waals surface area contributed by atoms with Crippen LogP contribution in [0.25, 0.3) is 10.7 Å². The van der Waals surface area contributed by atoms with Crippen LogP contribution in [0.4, 0.5) is 5.82 Å². The summed E-state index contributed by atoms with van der Waals surface area (Å²) in [5.74, 6) is 1.63. The Morgan fingerprint density at radius 2 is 2.21 bits per heavy atom. The van der Waals surface area contributed by atoms with Gasteiger partial charge in [0.25, 0.3) is 0 Å². The van der Waals surface area contributed by atoms with Crippen molar-refractivity contribution in [3.63, 3.8) is 0 Å². The summed E-state index contributed by atoms with van der Waals surface area (Å²) >= 11 is 8.62. The summed E-state index contributed by atoms with van der Waals surface area (Å²) in [5, 5.41) is 3.14. The lowest BCUT2D eigenvalue weighted by Gasteiger charge is -2.18. The van der Waals surface area contributed by atoms with E-state index in [1.807, 2.05) is 13.1 Å². The molecule has 0 aromatic carbocycles. The molecule has 0 amide bonds. The number of ether oxygens (including phenoxy) is 1. The van der Waals surface area contributed by atoms with E-state index in [1.165, 1.54) is 0 Å². The normalized spacial score (nSPS) is 14.3. The number of hydrogen-bond acceptors (Lipinski definition) is 5. The number of fused-ring (bicyclic) bond motifs is 1. The van der Waals surface area contributed by atoms with Crippen molar-refractivity contribution < 1.29 is 4.74 Å². The number of rotatable bonds is 2. The van der Waals surface area contributed by atoms with Crippen molar-refractivity contribution in [2.24, 2.45) is 0 Å². The molecule has 0 spiro atoms. The van der Waals surface area contributed by atoms with Crippen molar-refractivity contribution in [3.8, 4) is 10.7 Å². The molecule has 3 heterocycles. The van der Waals surface area contributed by atoms with E-state index in [9.17, 15) is 0 Å². The number of anilines is 1. The van der Waals surface area contributed by atoms with Gasteiger partial charge in [0.1, 0.15) is 5.82 Å². The minimum Gasteiger partial charge on any atom is -0.376 e. The van der Waals surface area contributed by atoms with Crippen molar-refractivity contribution in [1.82, 2.24) is 9.97 Å². The Hall–Kier alpha value is -0.500. The summed E-state index contributed by atoms with van der Waals surface area (Å²) < 4.78 is 7.56. The molecule has 3 rings (SSSR count). The maximum absolute atomic E-state index is 5.47. The highest BCUT2D eigenvalue weighted by Crippen LogP contribution is 2.38. The smallest absolute Gasteiger partial charge is 0.171 e. The van der Waals surface area contributed by atoms with E-state index in [4.69, 9.17) is 4.74 Å². The predicted octanol–water partition coefficient (Wildman–Crippen LogP) is 3.84. The lowest BCUT2D eigenvalue weighted by Crippen LogP contribution is -2.15. The monoisotopic (exact) mass is 403 g/mol. The molecule has 100 valence electrons. The summed E-state index contributed by atoms with van der Waals surface area (Å²) in [5.41, 5.74) is 2.16. The summed E-state index contributed by atoms with van der Waals surface area (Å²) in [6.45, 7) is 1.31. The van der Waals surface area contributed by atoms with E-state index in [-0.39, 0.29) is 0 Å². The first-order valence-corrected chi connectivity index (χ1v) is 8.19. The van der Waals surface area contributed by atoms with Crippen LogP contribution < -0.4 is 5.32 Å². The van der Waals surface area contributed by atoms with E-state index in [1.54, 1.807) is 11.3 Å². The van der Waals surface area contributed by atoms with Gasteiger partial charge in [-0.1, -0.05) is 0 Å². The average molecular weight is 405 g/mol. The number of aromatic nitrogens is 2. The van der Waals surface area contributed by atoms with Crippen molar-refractivity contribution >= 4 is 49.0 Å². The SMILES string of the molecule is CNc1nc(-c2cc(Br)c(Br)s2)nc2c1COCC2. The topological polar surface area (TPSA) is 47.0 Å². The third-order valence-electron chi connectivity index (χ3n) is 2.92. The van der Waals surface area contributed by atoms with E-state index >= 15 is 0 Å². The largest absolute Gasteiger partial charge is 0.376 e. The lowest BCUT2D eigenvalue weighted by molar-refractivity contribution is 0.109. The zero-order chi connectivity index (χ0) is 13.4. The summed E-state index contributed by atoms with van der Waals surface area (Å²) in [6.07, 6.45) is 0.841. The van der Waals surface area contributed by atoms with Gasteiger partial charge in [-0.05, 0) is 37.9 Å². The molecule has 19 heavy (non-hydrogen) atoms. The molecule has 0 unspecified atom stereocenters. The molecule has 0 saturated carbocycles. The zero-order valence-corrected chi connectivity index (χ0v) is 14.2. The standard InChI is InChI=1S/C12H11Br2N3OS/c1-15-11-6-5-18-3-2-8(6)16-12(17-11)9-4-7(13)10(14)19-9/h4H,2-3,5H2,1H3,(H,15,16,17). The molecule has 1 N–H and O–H groups in total. The number of thiophene rings is 1. The summed E-state index contributed by atoms with van der Waals surface area (Å²) in [7, 11) is 1.88. The van der Waals surface area contributed by atoms with Gasteiger partial charge >= 0.3 is 0 Å². The second-order valence-electron chi connectivity index (χ2n) is 4.11. The minimum atomic E-state index is 0.587. The molecule has 0 aliphatic carbocycles. The minimum absolute atomic E-state index is 0.587. The van der Waals surface area contributed by atoms with E-state index in [0.29, 0.717) is 6.61 Å². The average Bonchev–Trinajstić information content (AvgIpc) is 2.77. The van der Waals surface area contributed by atoms with Gasteiger partial charge in [0.2, 0.25) is 0 Å². The molecule has 0 atom stereocenters. The Bertz CT molecular complexity index is 593. The van der Waals surface area contributed by atoms with Crippen LogP contribution in [0.3, 0.4) is 0 Å². The predicted molar refractivity (Wildman–Crippen MR) is 83.7 cm³/mol. The Kier molecular flexibility index (Phi) is 3.88. The van der Waals surface area contributed by atoms with Gasteiger partial charge < -0.3 is 10.1 Å². The van der Waals surface area contributed by atoms with Crippen molar-refractivity contribution in [2.75, 3.05) is 19.0 Å². The number of hydrogen-bond donors (Lipinski definition) is 1. The highest BCUT2D eigenvalue weighted by atomic mass is 79.9. The number of nitrogens with one attached hydrogen (secondary N) is 1. The van der Waals surface area contributed by atoms with Crippen LogP contribution in [-0.4, -0.2) is 23.6 Å². The molecule has 1 aliphatic heterocycles.